The molecule has 1 saturated heterocycles. The van der Waals surface area contributed by atoms with Crippen LogP contribution >= 0.6 is 0 Å². The summed E-state index contributed by atoms with van der Waals surface area (Å²) in [6.45, 7) is 7.42. The molecule has 0 aromatic heterocycles. The summed E-state index contributed by atoms with van der Waals surface area (Å²) in [5.74, 6) is -4.52. The van der Waals surface area contributed by atoms with E-state index >= 15 is 4.79 Å². The van der Waals surface area contributed by atoms with Crippen molar-refractivity contribution in [3.8, 4) is 0 Å². The molecule has 0 spiro atoms. The van der Waals surface area contributed by atoms with Crippen LogP contribution < -0.4 is 0 Å². The fourth-order valence-corrected chi connectivity index (χ4v) is 8.27. The number of rotatable bonds is 5. The Morgan fingerprint density at radius 3 is 2.25 bits per heavy atom. The third-order valence-corrected chi connectivity index (χ3v) is 11.1. The van der Waals surface area contributed by atoms with Crippen molar-refractivity contribution in [2.75, 3.05) is 6.61 Å². The number of ketones is 1. The van der Waals surface area contributed by atoms with Crippen molar-refractivity contribution in [3.63, 3.8) is 0 Å². The standard InChI is InChI=1S/C33H40O11/c1-16-20(35)14-33(40)27(43-29(39)18-9-7-6-8-10-18)25-31(5,21(36)13-22-32(25,15-41-22)44-17(2)34)26(37)24(23(16)30(33,3)4)42-28(38)19-11-12-19/h6-10,19-22,24-25,27,35-36,40H,11-15H2,1-5H3/t20-,21-,22+,24+,25?,27-,31+,32-,33+/m0/s1. The number of ether oxygens (including phenoxy) is 4. The second-order valence-electron chi connectivity index (χ2n) is 13.9. The molecule has 1 heterocycles. The lowest BCUT2D eigenvalue weighted by Crippen LogP contribution is -2.81. The van der Waals surface area contributed by atoms with Crippen LogP contribution in [0.3, 0.4) is 0 Å². The molecule has 9 atom stereocenters. The average molecular weight is 613 g/mol. The molecule has 1 aromatic carbocycles. The molecular formula is C33H40O11. The van der Waals surface area contributed by atoms with E-state index in [0.29, 0.717) is 18.4 Å². The van der Waals surface area contributed by atoms with Crippen LogP contribution in [0.1, 0.15) is 70.7 Å². The van der Waals surface area contributed by atoms with Crippen molar-refractivity contribution in [1.29, 1.82) is 0 Å². The van der Waals surface area contributed by atoms with E-state index in [9.17, 15) is 29.7 Å². The second-order valence-corrected chi connectivity index (χ2v) is 13.9. The highest BCUT2D eigenvalue weighted by atomic mass is 16.6. The monoisotopic (exact) mass is 612 g/mol. The first kappa shape index (κ1) is 30.9. The molecule has 0 radical (unpaired) electrons. The Morgan fingerprint density at radius 2 is 1.68 bits per heavy atom. The van der Waals surface area contributed by atoms with Gasteiger partial charge >= 0.3 is 17.9 Å². The Balaban J connectivity index is 1.62. The van der Waals surface area contributed by atoms with Crippen LogP contribution in [0.25, 0.3) is 0 Å². The summed E-state index contributed by atoms with van der Waals surface area (Å²) in [7, 11) is 0. The van der Waals surface area contributed by atoms with Gasteiger partial charge in [-0.05, 0) is 50.0 Å². The number of benzene rings is 1. The SMILES string of the molecule is CC(=O)O[C@@]12CO[C@@H]1C[C@H](O)[C@@]1(C)C(=O)[C@H](OC(=O)C3CC3)C3=C(C)[C@@H](O)C[C@@](O)([C@@H](OC(=O)c4ccccc4)C12)C3(C)C. The number of aliphatic hydroxyl groups excluding tert-OH is 2. The lowest BCUT2D eigenvalue weighted by Gasteiger charge is -2.67. The largest absolute Gasteiger partial charge is 0.455 e. The molecule has 3 saturated carbocycles. The zero-order chi connectivity index (χ0) is 32.0. The van der Waals surface area contributed by atoms with Gasteiger partial charge in [-0.15, -0.1) is 0 Å². The Hall–Kier alpha value is -3.12. The molecule has 238 valence electrons. The molecule has 6 rings (SSSR count). The minimum absolute atomic E-state index is 0.100. The fourth-order valence-electron chi connectivity index (χ4n) is 8.27. The van der Waals surface area contributed by atoms with Crippen molar-refractivity contribution < 1.29 is 53.4 Å². The minimum Gasteiger partial charge on any atom is -0.455 e. The first-order valence-corrected chi connectivity index (χ1v) is 15.2. The summed E-state index contributed by atoms with van der Waals surface area (Å²) in [5.41, 5.74) is -6.28. The summed E-state index contributed by atoms with van der Waals surface area (Å²) in [4.78, 5) is 54.6. The van der Waals surface area contributed by atoms with Crippen LogP contribution in [-0.4, -0.2) is 87.3 Å². The molecule has 1 aliphatic heterocycles. The van der Waals surface area contributed by atoms with Crippen LogP contribution in [0.5, 0.6) is 0 Å². The third kappa shape index (κ3) is 4.23. The Bertz CT molecular complexity index is 1430. The molecule has 11 heteroatoms. The maximum atomic E-state index is 15.0. The number of hydrogen-bond donors (Lipinski definition) is 3. The van der Waals surface area contributed by atoms with Crippen molar-refractivity contribution in [2.24, 2.45) is 22.7 Å². The van der Waals surface area contributed by atoms with Gasteiger partial charge in [-0.3, -0.25) is 14.4 Å². The number of fused-ring (bicyclic) bond motifs is 5. The van der Waals surface area contributed by atoms with Gasteiger partial charge in [0, 0.05) is 25.2 Å². The molecule has 1 unspecified atom stereocenters. The predicted octanol–water partition coefficient (Wildman–Crippen LogP) is 2.04. The summed E-state index contributed by atoms with van der Waals surface area (Å²) in [5, 5.41) is 36.2. The van der Waals surface area contributed by atoms with Gasteiger partial charge in [0.2, 0.25) is 0 Å². The van der Waals surface area contributed by atoms with Crippen LogP contribution in [0.2, 0.25) is 0 Å². The van der Waals surface area contributed by atoms with Gasteiger partial charge in [0.1, 0.15) is 17.8 Å². The molecule has 44 heavy (non-hydrogen) atoms. The van der Waals surface area contributed by atoms with E-state index in [4.69, 9.17) is 18.9 Å². The van der Waals surface area contributed by atoms with Crippen molar-refractivity contribution in [1.82, 2.24) is 0 Å². The number of carbonyl (C=O) groups excluding carboxylic acids is 4. The van der Waals surface area contributed by atoms with Gasteiger partial charge in [-0.25, -0.2) is 4.79 Å². The topological polar surface area (TPSA) is 166 Å². The number of hydrogen-bond acceptors (Lipinski definition) is 11. The normalized spacial score (nSPS) is 40.8. The van der Waals surface area contributed by atoms with E-state index in [1.807, 2.05) is 0 Å². The van der Waals surface area contributed by atoms with Gasteiger partial charge < -0.3 is 34.3 Å². The van der Waals surface area contributed by atoms with E-state index < -0.39 is 82.2 Å². The van der Waals surface area contributed by atoms with Crippen molar-refractivity contribution >= 4 is 23.7 Å². The molecule has 4 aliphatic carbocycles. The smallest absolute Gasteiger partial charge is 0.338 e. The molecule has 11 nitrogen and oxygen atoms in total. The maximum absolute atomic E-state index is 15.0. The number of esters is 3. The van der Waals surface area contributed by atoms with E-state index in [1.165, 1.54) is 26.0 Å². The van der Waals surface area contributed by atoms with Gasteiger partial charge in [-0.2, -0.15) is 0 Å². The Kier molecular flexibility index (Phi) is 7.16. The summed E-state index contributed by atoms with van der Waals surface area (Å²) in [6.07, 6.45) is -5.96. The molecular weight excluding hydrogens is 572 g/mol. The van der Waals surface area contributed by atoms with Gasteiger partial charge in [0.15, 0.2) is 17.5 Å². The van der Waals surface area contributed by atoms with Crippen LogP contribution in [0.15, 0.2) is 41.5 Å². The first-order valence-electron chi connectivity index (χ1n) is 15.2. The summed E-state index contributed by atoms with van der Waals surface area (Å²) >= 11 is 0. The Labute approximate surface area is 255 Å². The second kappa shape index (κ2) is 10.2. The highest BCUT2D eigenvalue weighted by Crippen LogP contribution is 2.64. The zero-order valence-electron chi connectivity index (χ0n) is 25.6. The lowest BCUT2D eigenvalue weighted by atomic mass is 9.44. The van der Waals surface area contributed by atoms with Gasteiger partial charge in [0.25, 0.3) is 0 Å². The molecule has 5 aliphatic rings. The molecule has 2 bridgehead atoms. The molecule has 3 N–H and O–H groups in total. The van der Waals surface area contributed by atoms with E-state index in [0.717, 1.165) is 0 Å². The number of Topliss-reactive ketones (excluding diaryl/α,β-unsaturated/α-hetero) is 1. The fraction of sp³-hybridized carbons (Fsp3) is 0.636. The lowest BCUT2D eigenvalue weighted by molar-refractivity contribution is -0.346. The van der Waals surface area contributed by atoms with E-state index in [2.05, 4.69) is 0 Å². The van der Waals surface area contributed by atoms with Gasteiger partial charge in [0.05, 0.1) is 41.6 Å². The van der Waals surface area contributed by atoms with E-state index in [1.54, 1.807) is 39.0 Å². The van der Waals surface area contributed by atoms with Crippen LogP contribution in [0, 0.1) is 22.7 Å². The van der Waals surface area contributed by atoms with Gasteiger partial charge in [-0.1, -0.05) is 32.0 Å². The van der Waals surface area contributed by atoms with Crippen LogP contribution in [0.4, 0.5) is 0 Å². The molecule has 0 amide bonds. The highest BCUT2D eigenvalue weighted by Gasteiger charge is 2.78. The average Bonchev–Trinajstić information content (AvgIpc) is 3.81. The van der Waals surface area contributed by atoms with Crippen molar-refractivity contribution in [3.05, 3.63) is 47.0 Å². The van der Waals surface area contributed by atoms with E-state index in [-0.39, 0.29) is 36.5 Å². The first-order chi connectivity index (χ1) is 20.6. The Morgan fingerprint density at radius 1 is 1.02 bits per heavy atom. The predicted molar refractivity (Wildman–Crippen MR) is 152 cm³/mol. The molecule has 1 aromatic rings. The summed E-state index contributed by atoms with van der Waals surface area (Å²) in [6, 6.07) is 8.10. The number of aliphatic hydroxyl groups is 3. The third-order valence-electron chi connectivity index (χ3n) is 11.1. The maximum Gasteiger partial charge on any atom is 0.338 e. The molecule has 4 fully saturated rings. The minimum atomic E-state index is -2.10. The summed E-state index contributed by atoms with van der Waals surface area (Å²) < 4.78 is 24.0. The van der Waals surface area contributed by atoms with Crippen molar-refractivity contribution in [2.45, 2.75) is 102 Å². The van der Waals surface area contributed by atoms with Crippen LogP contribution in [-0.2, 0) is 33.3 Å². The number of carbonyl (C=O) groups is 4. The highest BCUT2D eigenvalue weighted by molar-refractivity contribution is 5.96. The quantitative estimate of drug-likeness (QED) is 0.253. The zero-order valence-corrected chi connectivity index (χ0v) is 25.6.